The molecule has 8 nitrogen and oxygen atoms in total. The number of aromatic amines is 1. The summed E-state index contributed by atoms with van der Waals surface area (Å²) in [5, 5.41) is 12.4. The van der Waals surface area contributed by atoms with Gasteiger partial charge < -0.3 is 19.4 Å². The molecule has 1 saturated heterocycles. The molecule has 3 aromatic carbocycles. The molecule has 1 saturated carbocycles. The number of nitrogens with one attached hydrogen (secondary N) is 2. The van der Waals surface area contributed by atoms with Gasteiger partial charge in [0.05, 0.1) is 28.6 Å². The van der Waals surface area contributed by atoms with E-state index in [2.05, 4.69) is 21.3 Å². The second-order valence-corrected chi connectivity index (χ2v) is 10.5. The van der Waals surface area contributed by atoms with E-state index in [0.29, 0.717) is 23.3 Å². The van der Waals surface area contributed by atoms with E-state index in [1.54, 1.807) is 18.2 Å². The first kappa shape index (κ1) is 27.6. The van der Waals surface area contributed by atoms with Crippen LogP contribution in [0.25, 0.3) is 11.1 Å². The molecule has 0 spiro atoms. The van der Waals surface area contributed by atoms with Gasteiger partial charge in [0.1, 0.15) is 12.4 Å². The molecule has 2 fully saturated rings. The zero-order valence-electron chi connectivity index (χ0n) is 22.1. The summed E-state index contributed by atoms with van der Waals surface area (Å²) >= 11 is 0. The van der Waals surface area contributed by atoms with E-state index < -0.39 is 11.2 Å². The second kappa shape index (κ2) is 11.6. The predicted molar refractivity (Wildman–Crippen MR) is 157 cm³/mol. The van der Waals surface area contributed by atoms with Crippen molar-refractivity contribution in [2.45, 2.75) is 43.7 Å². The Morgan fingerprint density at radius 3 is 2.60 bits per heavy atom. The summed E-state index contributed by atoms with van der Waals surface area (Å²) in [5.74, 6) is 0.234. The number of rotatable bonds is 9. The predicted octanol–water partition coefficient (Wildman–Crippen LogP) is 4.67. The third-order valence-electron chi connectivity index (χ3n) is 7.85. The minimum absolute atomic E-state index is 0. The largest absolute Gasteiger partial charge is 0.489 e. The maximum absolute atomic E-state index is 13.8. The molecular formula is C31H32N4O4S. The first-order valence-corrected chi connectivity index (χ1v) is 13.4. The Morgan fingerprint density at radius 1 is 1.10 bits per heavy atom. The minimum Gasteiger partial charge on any atom is -0.489 e. The molecule has 9 heteroatoms. The van der Waals surface area contributed by atoms with Crippen LogP contribution in [0.5, 0.6) is 5.75 Å². The van der Waals surface area contributed by atoms with Crippen molar-refractivity contribution in [1.82, 2.24) is 15.2 Å². The topological polar surface area (TPSA) is 111 Å². The molecule has 6 rings (SSSR count). The molecule has 40 heavy (non-hydrogen) atoms. The quantitative estimate of drug-likeness (QED) is 0.310. The number of ether oxygens (including phenoxy) is 1. The van der Waals surface area contributed by atoms with Crippen LogP contribution in [-0.2, 0) is 16.8 Å². The third kappa shape index (κ3) is 5.79. The van der Waals surface area contributed by atoms with E-state index in [0.717, 1.165) is 54.9 Å². The van der Waals surface area contributed by atoms with Crippen LogP contribution in [0.3, 0.4) is 0 Å². The van der Waals surface area contributed by atoms with Gasteiger partial charge in [0, 0.05) is 6.54 Å². The van der Waals surface area contributed by atoms with Crippen LogP contribution < -0.4 is 15.8 Å². The molecule has 1 aromatic heterocycles. The number of H-pyrrole nitrogens is 1. The van der Waals surface area contributed by atoms with Gasteiger partial charge in [-0.1, -0.05) is 30.3 Å². The lowest BCUT2D eigenvalue weighted by molar-refractivity contribution is -0.124. The third-order valence-corrected chi connectivity index (χ3v) is 7.85. The van der Waals surface area contributed by atoms with Crippen molar-refractivity contribution in [2.75, 3.05) is 19.6 Å². The molecule has 1 aliphatic heterocycles. The first-order chi connectivity index (χ1) is 19.0. The molecule has 0 bridgehead atoms. The van der Waals surface area contributed by atoms with Gasteiger partial charge >= 0.3 is 5.76 Å². The number of carbonyl (C=O) groups excluding carboxylic acids is 1. The van der Waals surface area contributed by atoms with Crippen molar-refractivity contribution in [3.05, 3.63) is 99.5 Å². The Bertz CT molecular complexity index is 1590. The van der Waals surface area contributed by atoms with Gasteiger partial charge in [-0.2, -0.15) is 18.8 Å². The Kier molecular flexibility index (Phi) is 8.01. The maximum atomic E-state index is 13.8. The molecular weight excluding hydrogens is 524 g/mol. The Hall–Kier alpha value is -4.00. The molecule has 2 N–H and O–H groups in total. The van der Waals surface area contributed by atoms with Crippen LogP contribution in [0.2, 0.25) is 0 Å². The van der Waals surface area contributed by atoms with Gasteiger partial charge in [-0.3, -0.25) is 9.78 Å². The van der Waals surface area contributed by atoms with Gasteiger partial charge in [0.15, 0.2) is 5.58 Å². The maximum Gasteiger partial charge on any atom is 0.417 e. The summed E-state index contributed by atoms with van der Waals surface area (Å²) in [7, 11) is 0. The van der Waals surface area contributed by atoms with Gasteiger partial charge in [0.2, 0.25) is 5.91 Å². The van der Waals surface area contributed by atoms with Crippen molar-refractivity contribution in [1.29, 1.82) is 5.26 Å². The molecule has 1 atom stereocenters. The van der Waals surface area contributed by atoms with Crippen LogP contribution in [0.15, 0.2) is 75.9 Å². The zero-order valence-corrected chi connectivity index (χ0v) is 23.1. The van der Waals surface area contributed by atoms with Gasteiger partial charge in [-0.15, -0.1) is 0 Å². The fourth-order valence-corrected chi connectivity index (χ4v) is 5.44. The highest BCUT2D eigenvalue weighted by molar-refractivity contribution is 7.59. The monoisotopic (exact) mass is 556 g/mol. The molecule has 0 radical (unpaired) electrons. The molecule has 1 amide bonds. The smallest absolute Gasteiger partial charge is 0.417 e. The highest BCUT2D eigenvalue weighted by atomic mass is 32.1. The van der Waals surface area contributed by atoms with Crippen LogP contribution in [0, 0.1) is 11.3 Å². The van der Waals surface area contributed by atoms with E-state index in [1.807, 2.05) is 48.5 Å². The van der Waals surface area contributed by atoms with E-state index in [9.17, 15) is 9.59 Å². The van der Waals surface area contributed by atoms with Crippen LogP contribution in [0.4, 0.5) is 0 Å². The normalized spacial score (nSPS) is 16.6. The number of fused-ring (bicyclic) bond motifs is 1. The first-order valence-electron chi connectivity index (χ1n) is 13.4. The molecule has 1 unspecified atom stereocenters. The Balaban J connectivity index is 0.00000323. The SMILES string of the molecule is N#Cc1ccc(COc2cccc(C(CN3CCCC3)NC(=O)C3(c4ccc5oc(=O)[nH]c5c4)CC3)c2)cc1.S. The van der Waals surface area contributed by atoms with Crippen LogP contribution >= 0.6 is 13.5 Å². The second-order valence-electron chi connectivity index (χ2n) is 10.5. The van der Waals surface area contributed by atoms with Crippen molar-refractivity contribution in [3.63, 3.8) is 0 Å². The number of amides is 1. The summed E-state index contributed by atoms with van der Waals surface area (Å²) in [6.07, 6.45) is 3.86. The number of hydrogen-bond donors (Lipinski definition) is 2. The summed E-state index contributed by atoms with van der Waals surface area (Å²) in [6, 6.07) is 22.7. The number of oxazole rings is 1. The van der Waals surface area contributed by atoms with E-state index >= 15 is 0 Å². The number of carbonyl (C=O) groups is 1. The molecule has 4 aromatic rings. The lowest BCUT2D eigenvalue weighted by Crippen LogP contribution is -2.41. The number of nitriles is 1. The van der Waals surface area contributed by atoms with Crippen molar-refractivity contribution >= 4 is 30.5 Å². The van der Waals surface area contributed by atoms with E-state index in [-0.39, 0.29) is 25.4 Å². The van der Waals surface area contributed by atoms with Crippen LogP contribution in [0.1, 0.15) is 54.0 Å². The molecule has 2 aliphatic rings. The van der Waals surface area contributed by atoms with Crippen LogP contribution in [-0.4, -0.2) is 35.4 Å². The lowest BCUT2D eigenvalue weighted by atomic mass is 9.93. The minimum atomic E-state index is -0.602. The highest BCUT2D eigenvalue weighted by Gasteiger charge is 2.52. The Morgan fingerprint density at radius 2 is 1.88 bits per heavy atom. The Labute approximate surface area is 239 Å². The van der Waals surface area contributed by atoms with Gasteiger partial charge in [-0.25, -0.2) is 4.79 Å². The summed E-state index contributed by atoms with van der Waals surface area (Å²) in [5.41, 5.74) is 3.99. The summed E-state index contributed by atoms with van der Waals surface area (Å²) in [6.45, 7) is 3.17. The van der Waals surface area contributed by atoms with Crippen molar-refractivity contribution in [3.8, 4) is 11.8 Å². The zero-order chi connectivity index (χ0) is 26.8. The number of nitrogens with zero attached hydrogens (tertiary/aromatic N) is 2. The average molecular weight is 557 g/mol. The van der Waals surface area contributed by atoms with Gasteiger partial charge in [0.25, 0.3) is 0 Å². The number of hydrogen-bond acceptors (Lipinski definition) is 6. The van der Waals surface area contributed by atoms with Crippen molar-refractivity contribution < 1.29 is 13.9 Å². The number of aromatic nitrogens is 1. The highest BCUT2D eigenvalue weighted by Crippen LogP contribution is 2.49. The average Bonchev–Trinajstić information content (AvgIpc) is 3.45. The standard InChI is InChI=1S/C31H30N4O4.H2S/c32-18-21-6-8-22(9-7-21)20-38-25-5-3-4-23(16-25)27(19-35-14-1-2-15-35)33-29(36)31(12-13-31)24-10-11-28-26(17-24)34-30(37)39-28;/h3-11,16-17,27H,1-2,12-15,19-20H2,(H,33,36)(H,34,37);1H2. The molecule has 206 valence electrons. The lowest BCUT2D eigenvalue weighted by Gasteiger charge is -2.27. The molecule has 2 heterocycles. The fraction of sp³-hybridized carbons (Fsp3) is 0.323. The van der Waals surface area contributed by atoms with E-state index in [1.165, 1.54) is 12.8 Å². The fourth-order valence-electron chi connectivity index (χ4n) is 5.44. The number of likely N-dealkylation sites (tertiary alicyclic amines) is 1. The van der Waals surface area contributed by atoms with Crippen molar-refractivity contribution in [2.24, 2.45) is 0 Å². The van der Waals surface area contributed by atoms with Gasteiger partial charge in [-0.05, 0) is 91.9 Å². The van der Waals surface area contributed by atoms with E-state index in [4.69, 9.17) is 14.4 Å². The summed E-state index contributed by atoms with van der Waals surface area (Å²) in [4.78, 5) is 30.5. The molecule has 1 aliphatic carbocycles. The number of benzene rings is 3. The summed E-state index contributed by atoms with van der Waals surface area (Å²) < 4.78 is 11.2.